The second kappa shape index (κ2) is 6.53. The first-order chi connectivity index (χ1) is 14.7. The smallest absolute Gasteiger partial charge is 0.255 e. The quantitative estimate of drug-likeness (QED) is 0.357. The van der Waals surface area contributed by atoms with Crippen molar-refractivity contribution in [2.45, 2.75) is 0 Å². The summed E-state index contributed by atoms with van der Waals surface area (Å²) in [5, 5.41) is 12.3. The van der Waals surface area contributed by atoms with Crippen molar-refractivity contribution < 1.29 is 4.79 Å². The summed E-state index contributed by atoms with van der Waals surface area (Å²) >= 11 is 1.70. The number of imidazole rings is 1. The van der Waals surface area contributed by atoms with Gasteiger partial charge in [0.15, 0.2) is 0 Å². The van der Waals surface area contributed by atoms with Gasteiger partial charge in [-0.3, -0.25) is 9.89 Å². The van der Waals surface area contributed by atoms with Gasteiger partial charge in [0.2, 0.25) is 0 Å². The summed E-state index contributed by atoms with van der Waals surface area (Å²) in [7, 11) is 0. The van der Waals surface area contributed by atoms with Crippen molar-refractivity contribution in [3.63, 3.8) is 0 Å². The van der Waals surface area contributed by atoms with E-state index in [4.69, 9.17) is 0 Å². The number of benzene rings is 3. The van der Waals surface area contributed by atoms with E-state index in [2.05, 4.69) is 43.7 Å². The Morgan fingerprint density at radius 2 is 1.93 bits per heavy atom. The van der Waals surface area contributed by atoms with Crippen LogP contribution in [0.25, 0.3) is 42.5 Å². The molecule has 0 aliphatic carbocycles. The standard InChI is InChI=1S/C23H15N5OS/c29-23(27-16-5-6-18-19(10-16)25-12-24-18)14-7-15-11-26-28-22(15)17(8-14)21-9-13-3-1-2-4-20(13)30-21/h1-12H,(H,24,25)(H,26,28)(H,27,29). The maximum Gasteiger partial charge on any atom is 0.255 e. The van der Waals surface area contributed by atoms with Crippen molar-refractivity contribution in [3.05, 3.63) is 78.8 Å². The van der Waals surface area contributed by atoms with Gasteiger partial charge in [-0.1, -0.05) is 18.2 Å². The molecule has 0 fully saturated rings. The zero-order valence-corrected chi connectivity index (χ0v) is 16.5. The van der Waals surface area contributed by atoms with E-state index in [1.807, 2.05) is 42.5 Å². The van der Waals surface area contributed by atoms with Crippen molar-refractivity contribution in [2.24, 2.45) is 0 Å². The third-order valence-corrected chi connectivity index (χ3v) is 6.33. The molecule has 0 saturated carbocycles. The number of anilines is 1. The lowest BCUT2D eigenvalue weighted by Gasteiger charge is -2.08. The van der Waals surface area contributed by atoms with Crippen molar-refractivity contribution >= 4 is 55.0 Å². The Labute approximate surface area is 174 Å². The number of hydrogen-bond donors (Lipinski definition) is 3. The van der Waals surface area contributed by atoms with Crippen LogP contribution in [0.4, 0.5) is 5.69 Å². The summed E-state index contributed by atoms with van der Waals surface area (Å²) < 4.78 is 1.21. The molecular weight excluding hydrogens is 394 g/mol. The van der Waals surface area contributed by atoms with E-state index in [0.717, 1.165) is 32.4 Å². The summed E-state index contributed by atoms with van der Waals surface area (Å²) in [6, 6.07) is 19.8. The van der Waals surface area contributed by atoms with E-state index in [0.29, 0.717) is 11.3 Å². The van der Waals surface area contributed by atoms with Crippen LogP contribution in [-0.4, -0.2) is 26.1 Å². The second-order valence-electron chi connectivity index (χ2n) is 7.10. The van der Waals surface area contributed by atoms with Crippen LogP contribution in [0.5, 0.6) is 0 Å². The summed E-state index contributed by atoms with van der Waals surface area (Å²) in [5.74, 6) is -0.171. The fraction of sp³-hybridized carbons (Fsp3) is 0. The van der Waals surface area contributed by atoms with E-state index in [-0.39, 0.29) is 5.91 Å². The minimum Gasteiger partial charge on any atom is -0.345 e. The Morgan fingerprint density at radius 1 is 1.00 bits per heavy atom. The summed E-state index contributed by atoms with van der Waals surface area (Å²) in [5.41, 5.74) is 4.92. The molecule has 144 valence electrons. The maximum absolute atomic E-state index is 13.0. The van der Waals surface area contributed by atoms with Gasteiger partial charge in [0.05, 0.1) is 29.1 Å². The number of amides is 1. The van der Waals surface area contributed by atoms with Crippen LogP contribution >= 0.6 is 11.3 Å². The fourth-order valence-electron chi connectivity index (χ4n) is 3.71. The Bertz CT molecular complexity index is 1530. The monoisotopic (exact) mass is 409 g/mol. The third-order valence-electron chi connectivity index (χ3n) is 5.18. The van der Waals surface area contributed by atoms with Crippen LogP contribution in [0.2, 0.25) is 0 Å². The molecule has 0 radical (unpaired) electrons. The molecule has 0 saturated heterocycles. The number of rotatable bonds is 3. The average Bonchev–Trinajstić information content (AvgIpc) is 3.50. The van der Waals surface area contributed by atoms with Gasteiger partial charge in [-0.05, 0) is 47.9 Å². The predicted octanol–water partition coefficient (Wildman–Crippen LogP) is 5.57. The van der Waals surface area contributed by atoms with Gasteiger partial charge >= 0.3 is 0 Å². The molecule has 0 spiro atoms. The first kappa shape index (κ1) is 16.9. The van der Waals surface area contributed by atoms with Crippen LogP contribution in [0.3, 0.4) is 0 Å². The second-order valence-corrected chi connectivity index (χ2v) is 8.18. The minimum atomic E-state index is -0.171. The van der Waals surface area contributed by atoms with E-state index >= 15 is 0 Å². The molecular formula is C23H15N5OS. The number of carbonyl (C=O) groups is 1. The highest BCUT2D eigenvalue weighted by Crippen LogP contribution is 2.37. The molecule has 1 amide bonds. The maximum atomic E-state index is 13.0. The number of hydrogen-bond acceptors (Lipinski definition) is 4. The van der Waals surface area contributed by atoms with Gasteiger partial charge in [0.1, 0.15) is 0 Å². The SMILES string of the molecule is O=C(Nc1ccc2[nH]cnc2c1)c1cc(-c2cc3ccccc3s2)c2[nH]ncc2c1. The molecule has 0 bridgehead atoms. The molecule has 30 heavy (non-hydrogen) atoms. The van der Waals surface area contributed by atoms with E-state index < -0.39 is 0 Å². The van der Waals surface area contributed by atoms with Crippen molar-refractivity contribution in [3.8, 4) is 10.4 Å². The van der Waals surface area contributed by atoms with Crippen LogP contribution in [0.15, 0.2) is 73.2 Å². The number of H-pyrrole nitrogens is 2. The molecule has 0 aliphatic heterocycles. The number of fused-ring (bicyclic) bond motifs is 3. The lowest BCUT2D eigenvalue weighted by molar-refractivity contribution is 0.102. The number of aromatic nitrogens is 4. The van der Waals surface area contributed by atoms with Crippen LogP contribution in [0.1, 0.15) is 10.4 Å². The Morgan fingerprint density at radius 3 is 2.87 bits per heavy atom. The van der Waals surface area contributed by atoms with Crippen molar-refractivity contribution in [1.82, 2.24) is 20.2 Å². The summed E-state index contributed by atoms with van der Waals surface area (Å²) in [6.45, 7) is 0. The molecule has 6 nitrogen and oxygen atoms in total. The molecule has 3 aromatic carbocycles. The average molecular weight is 409 g/mol. The van der Waals surface area contributed by atoms with Crippen LogP contribution in [-0.2, 0) is 0 Å². The number of nitrogens with zero attached hydrogens (tertiary/aromatic N) is 2. The first-order valence-corrected chi connectivity index (χ1v) is 10.3. The minimum absolute atomic E-state index is 0.171. The molecule has 0 aliphatic rings. The highest BCUT2D eigenvalue weighted by atomic mass is 32.1. The predicted molar refractivity (Wildman–Crippen MR) is 121 cm³/mol. The normalized spacial score (nSPS) is 11.5. The zero-order valence-electron chi connectivity index (χ0n) is 15.6. The van der Waals surface area contributed by atoms with E-state index in [1.165, 1.54) is 10.1 Å². The molecule has 3 heterocycles. The highest BCUT2D eigenvalue weighted by molar-refractivity contribution is 7.22. The molecule has 0 unspecified atom stereocenters. The number of carbonyl (C=O) groups excluding carboxylic acids is 1. The molecule has 6 aromatic rings. The van der Waals surface area contributed by atoms with Gasteiger partial charge in [0, 0.05) is 31.8 Å². The fourth-order valence-corrected chi connectivity index (χ4v) is 4.80. The topological polar surface area (TPSA) is 86.5 Å². The summed E-state index contributed by atoms with van der Waals surface area (Å²) in [4.78, 5) is 21.4. The zero-order chi connectivity index (χ0) is 20.1. The van der Waals surface area contributed by atoms with Crippen molar-refractivity contribution in [2.75, 3.05) is 5.32 Å². The number of nitrogens with one attached hydrogen (secondary N) is 3. The molecule has 6 rings (SSSR count). The Hall–Kier alpha value is -3.97. The first-order valence-electron chi connectivity index (χ1n) is 9.45. The van der Waals surface area contributed by atoms with E-state index in [9.17, 15) is 4.79 Å². The van der Waals surface area contributed by atoms with Gasteiger partial charge in [-0.25, -0.2) is 4.98 Å². The molecule has 3 N–H and O–H groups in total. The van der Waals surface area contributed by atoms with Gasteiger partial charge in [0.25, 0.3) is 5.91 Å². The highest BCUT2D eigenvalue weighted by Gasteiger charge is 2.15. The van der Waals surface area contributed by atoms with Gasteiger partial charge in [-0.15, -0.1) is 11.3 Å². The molecule has 3 aromatic heterocycles. The number of thiophene rings is 1. The van der Waals surface area contributed by atoms with Crippen molar-refractivity contribution in [1.29, 1.82) is 0 Å². The number of aromatic amines is 2. The van der Waals surface area contributed by atoms with Gasteiger partial charge < -0.3 is 10.3 Å². The molecule has 0 atom stereocenters. The Balaban J connectivity index is 1.42. The largest absolute Gasteiger partial charge is 0.345 e. The lowest BCUT2D eigenvalue weighted by Crippen LogP contribution is -2.12. The summed E-state index contributed by atoms with van der Waals surface area (Å²) in [6.07, 6.45) is 3.39. The lowest BCUT2D eigenvalue weighted by atomic mass is 10.0. The molecule has 7 heteroatoms. The van der Waals surface area contributed by atoms with Crippen LogP contribution < -0.4 is 5.32 Å². The third kappa shape index (κ3) is 2.75. The van der Waals surface area contributed by atoms with E-state index in [1.54, 1.807) is 23.9 Å². The van der Waals surface area contributed by atoms with Gasteiger partial charge in [-0.2, -0.15) is 5.10 Å². The Kier molecular flexibility index (Phi) is 3.69. The van der Waals surface area contributed by atoms with Crippen LogP contribution in [0, 0.1) is 0 Å².